The van der Waals surface area contributed by atoms with Gasteiger partial charge in [-0.25, -0.2) is 4.79 Å². The van der Waals surface area contributed by atoms with E-state index < -0.39 is 11.7 Å². The van der Waals surface area contributed by atoms with E-state index in [1.54, 1.807) is 0 Å². The number of esters is 1. The number of nitrogens with one attached hydrogen (secondary N) is 1. The normalized spacial score (nSPS) is 17.5. The summed E-state index contributed by atoms with van der Waals surface area (Å²) in [5.74, 6) is -0.206. The molecule has 1 aliphatic heterocycles. The number of carbonyl (C=O) groups is 2. The molecule has 2 aromatic carbocycles. The van der Waals surface area contributed by atoms with Gasteiger partial charge in [-0.2, -0.15) is 0 Å². The van der Waals surface area contributed by atoms with Gasteiger partial charge in [0.25, 0.3) is 0 Å². The van der Waals surface area contributed by atoms with E-state index in [9.17, 15) is 9.59 Å². The minimum absolute atomic E-state index is 0.185. The maximum absolute atomic E-state index is 12.8. The number of hydrogen-bond acceptors (Lipinski definition) is 5. The zero-order chi connectivity index (χ0) is 23.0. The Labute approximate surface area is 190 Å². The van der Waals surface area contributed by atoms with Crippen LogP contribution in [0.1, 0.15) is 44.7 Å². The topological polar surface area (TPSA) is 67.9 Å². The number of ether oxygens (including phenoxy) is 2. The van der Waals surface area contributed by atoms with E-state index >= 15 is 0 Å². The zero-order valence-corrected chi connectivity index (χ0v) is 19.3. The molecule has 1 fully saturated rings. The van der Waals surface area contributed by atoms with Gasteiger partial charge in [0.2, 0.25) is 0 Å². The summed E-state index contributed by atoms with van der Waals surface area (Å²) in [4.78, 5) is 27.4. The van der Waals surface area contributed by atoms with E-state index in [0.29, 0.717) is 13.0 Å². The van der Waals surface area contributed by atoms with Crippen LogP contribution in [0.15, 0.2) is 60.7 Å². The van der Waals surface area contributed by atoms with Crippen LogP contribution in [0, 0.1) is 0 Å². The van der Waals surface area contributed by atoms with Gasteiger partial charge in [-0.3, -0.25) is 9.69 Å². The molecule has 1 N–H and O–H groups in total. The fourth-order valence-electron chi connectivity index (χ4n) is 3.95. The third-order valence-electron chi connectivity index (χ3n) is 5.36. The lowest BCUT2D eigenvalue weighted by Gasteiger charge is -2.29. The highest BCUT2D eigenvalue weighted by Gasteiger charge is 2.34. The highest BCUT2D eigenvalue weighted by molar-refractivity contribution is 5.76. The molecule has 6 heteroatoms. The predicted octanol–water partition coefficient (Wildman–Crippen LogP) is 4.33. The van der Waals surface area contributed by atoms with E-state index in [-0.39, 0.29) is 24.7 Å². The lowest BCUT2D eigenvalue weighted by atomic mass is 10.1. The van der Waals surface area contributed by atoms with Crippen molar-refractivity contribution in [1.29, 1.82) is 0 Å². The quantitative estimate of drug-likeness (QED) is 0.622. The van der Waals surface area contributed by atoms with Crippen molar-refractivity contribution in [2.75, 3.05) is 13.1 Å². The molecule has 1 saturated heterocycles. The van der Waals surface area contributed by atoms with Crippen molar-refractivity contribution in [1.82, 2.24) is 10.2 Å². The summed E-state index contributed by atoms with van der Waals surface area (Å²) in [5.41, 5.74) is 1.52. The van der Waals surface area contributed by atoms with Gasteiger partial charge in [-0.1, -0.05) is 60.7 Å². The number of alkyl carbamates (subject to hydrolysis) is 1. The first kappa shape index (κ1) is 23.8. The van der Waals surface area contributed by atoms with Gasteiger partial charge in [0.05, 0.1) is 0 Å². The van der Waals surface area contributed by atoms with Crippen LogP contribution >= 0.6 is 0 Å². The number of likely N-dealkylation sites (tertiary alicyclic amines) is 1. The summed E-state index contributed by atoms with van der Waals surface area (Å²) < 4.78 is 11.1. The average Bonchev–Trinajstić information content (AvgIpc) is 3.20. The van der Waals surface area contributed by atoms with Crippen molar-refractivity contribution in [3.8, 4) is 0 Å². The molecule has 2 aromatic rings. The maximum atomic E-state index is 12.8. The lowest BCUT2D eigenvalue weighted by Crippen LogP contribution is -2.49. The molecule has 0 spiro atoms. The predicted molar refractivity (Wildman–Crippen MR) is 124 cm³/mol. The SMILES string of the molecule is CC(C)(C)OC(=O)NC(Cc1ccccc1)CN1CCCC1C(=O)OCc1ccccc1. The first-order chi connectivity index (χ1) is 15.3. The largest absolute Gasteiger partial charge is 0.460 e. The van der Waals surface area contributed by atoms with Crippen LogP contribution in [-0.2, 0) is 27.3 Å². The molecule has 0 aliphatic carbocycles. The van der Waals surface area contributed by atoms with Gasteiger partial charge in [0, 0.05) is 12.6 Å². The number of carbonyl (C=O) groups excluding carboxylic acids is 2. The molecular formula is C26H34N2O4. The third-order valence-corrected chi connectivity index (χ3v) is 5.36. The molecule has 6 nitrogen and oxygen atoms in total. The second-order valence-electron chi connectivity index (χ2n) is 9.28. The number of rotatable bonds is 8. The van der Waals surface area contributed by atoms with Crippen LogP contribution in [-0.4, -0.2) is 47.7 Å². The lowest BCUT2D eigenvalue weighted by molar-refractivity contribution is -0.150. The summed E-state index contributed by atoms with van der Waals surface area (Å²) in [6, 6.07) is 19.2. The minimum atomic E-state index is -0.571. The van der Waals surface area contributed by atoms with Crippen LogP contribution in [0.25, 0.3) is 0 Å². The Morgan fingerprint density at radius 2 is 1.66 bits per heavy atom. The first-order valence-corrected chi connectivity index (χ1v) is 11.3. The average molecular weight is 439 g/mol. The zero-order valence-electron chi connectivity index (χ0n) is 19.3. The van der Waals surface area contributed by atoms with E-state index in [1.165, 1.54) is 0 Å². The Kier molecular flexibility index (Phi) is 8.28. The van der Waals surface area contributed by atoms with Crippen molar-refractivity contribution >= 4 is 12.1 Å². The van der Waals surface area contributed by atoms with Crippen molar-refractivity contribution in [3.63, 3.8) is 0 Å². The Morgan fingerprint density at radius 1 is 1.03 bits per heavy atom. The number of hydrogen-bond donors (Lipinski definition) is 1. The summed E-state index contributed by atoms with van der Waals surface area (Å²) in [7, 11) is 0. The smallest absolute Gasteiger partial charge is 0.407 e. The standard InChI is InChI=1S/C26H34N2O4/c1-26(2,3)32-25(30)27-22(17-20-11-6-4-7-12-20)18-28-16-10-15-23(28)24(29)31-19-21-13-8-5-9-14-21/h4-9,11-14,22-23H,10,15-19H2,1-3H3,(H,27,30). The molecule has 1 heterocycles. The summed E-state index contributed by atoms with van der Waals surface area (Å²) in [5, 5.41) is 3.01. The molecule has 3 rings (SSSR count). The van der Waals surface area contributed by atoms with Crippen LogP contribution < -0.4 is 5.32 Å². The molecule has 0 bridgehead atoms. The Morgan fingerprint density at radius 3 is 2.28 bits per heavy atom. The van der Waals surface area contributed by atoms with Crippen molar-refractivity contribution in [2.45, 2.75) is 64.3 Å². The highest BCUT2D eigenvalue weighted by atomic mass is 16.6. The van der Waals surface area contributed by atoms with E-state index in [2.05, 4.69) is 10.2 Å². The fourth-order valence-corrected chi connectivity index (χ4v) is 3.95. The Hall–Kier alpha value is -2.86. The summed E-state index contributed by atoms with van der Waals surface area (Å²) in [6.07, 6.45) is 1.90. The highest BCUT2D eigenvalue weighted by Crippen LogP contribution is 2.20. The van der Waals surface area contributed by atoms with Gasteiger partial charge in [-0.15, -0.1) is 0 Å². The number of nitrogens with zero attached hydrogens (tertiary/aromatic N) is 1. The summed E-state index contributed by atoms with van der Waals surface area (Å²) >= 11 is 0. The van der Waals surface area contributed by atoms with Gasteiger partial charge in [-0.05, 0) is 57.7 Å². The van der Waals surface area contributed by atoms with Crippen molar-refractivity contribution in [3.05, 3.63) is 71.8 Å². The van der Waals surface area contributed by atoms with E-state index in [4.69, 9.17) is 9.47 Å². The molecular weight excluding hydrogens is 404 g/mol. The first-order valence-electron chi connectivity index (χ1n) is 11.3. The number of amides is 1. The Bertz CT molecular complexity index is 864. The van der Waals surface area contributed by atoms with Crippen LogP contribution in [0.3, 0.4) is 0 Å². The monoisotopic (exact) mass is 438 g/mol. The van der Waals surface area contributed by atoms with Gasteiger partial charge in [0.1, 0.15) is 18.2 Å². The molecule has 32 heavy (non-hydrogen) atoms. The minimum Gasteiger partial charge on any atom is -0.460 e. The van der Waals surface area contributed by atoms with Crippen molar-refractivity contribution < 1.29 is 19.1 Å². The van der Waals surface area contributed by atoms with Crippen LogP contribution in [0.2, 0.25) is 0 Å². The molecule has 1 amide bonds. The van der Waals surface area contributed by atoms with Gasteiger partial charge in [0.15, 0.2) is 0 Å². The molecule has 1 aliphatic rings. The van der Waals surface area contributed by atoms with Gasteiger partial charge < -0.3 is 14.8 Å². The molecule has 0 saturated carbocycles. The maximum Gasteiger partial charge on any atom is 0.407 e. The van der Waals surface area contributed by atoms with Crippen LogP contribution in [0.4, 0.5) is 4.79 Å². The second-order valence-corrected chi connectivity index (χ2v) is 9.28. The Balaban J connectivity index is 1.63. The van der Waals surface area contributed by atoms with Crippen molar-refractivity contribution in [2.24, 2.45) is 0 Å². The third kappa shape index (κ3) is 7.68. The van der Waals surface area contributed by atoms with E-state index in [0.717, 1.165) is 30.5 Å². The molecule has 2 unspecified atom stereocenters. The molecule has 172 valence electrons. The second kappa shape index (κ2) is 11.1. The fraction of sp³-hybridized carbons (Fsp3) is 0.462. The summed E-state index contributed by atoms with van der Waals surface area (Å²) in [6.45, 7) is 7.16. The van der Waals surface area contributed by atoms with Crippen LogP contribution in [0.5, 0.6) is 0 Å². The molecule has 0 radical (unpaired) electrons. The van der Waals surface area contributed by atoms with Gasteiger partial charge >= 0.3 is 12.1 Å². The molecule has 0 aromatic heterocycles. The van der Waals surface area contributed by atoms with E-state index in [1.807, 2.05) is 81.4 Å². The number of benzene rings is 2. The molecule has 2 atom stereocenters.